The summed E-state index contributed by atoms with van der Waals surface area (Å²) >= 11 is 1.59. The quantitative estimate of drug-likeness (QED) is 0.0937. The number of hydrogen-bond donors (Lipinski definition) is 1. The van der Waals surface area contributed by atoms with Gasteiger partial charge >= 0.3 is 0 Å². The molecule has 0 saturated carbocycles. The van der Waals surface area contributed by atoms with Crippen LogP contribution in [0.5, 0.6) is 0 Å². The molecule has 33 heavy (non-hydrogen) atoms. The number of allylic oxidation sites excluding steroid dienone is 2. The molecule has 1 N–H and O–H groups in total. The molecule has 0 saturated heterocycles. The molecule has 0 aliphatic carbocycles. The molecule has 0 unspecified atom stereocenters. The minimum atomic E-state index is -0.428. The van der Waals surface area contributed by atoms with Gasteiger partial charge in [0.1, 0.15) is 0 Å². The standard InChI is InChI=1S/C29H29NO2S/c1-21(2)19-23-15-17-24(18-16-23)28(31)27(14-7-11-22-9-5-4-6-10-22)29(32)30-25-12-8-13-26(20-25)33-3/h4-18,20-21H,19H2,1-3H3,(H,30,32). The number of carbonyl (C=O) groups excluding carboxylic acids is 2. The summed E-state index contributed by atoms with van der Waals surface area (Å²) in [5, 5.41) is 2.88. The fraction of sp³-hybridized carbons (Fsp3) is 0.172. The molecule has 0 heterocycles. The predicted molar refractivity (Wildman–Crippen MR) is 140 cm³/mol. The van der Waals surface area contributed by atoms with E-state index in [1.165, 1.54) is 5.56 Å². The van der Waals surface area contributed by atoms with Gasteiger partial charge in [0, 0.05) is 16.1 Å². The molecule has 3 rings (SSSR count). The Morgan fingerprint density at radius 1 is 0.939 bits per heavy atom. The van der Waals surface area contributed by atoms with Crippen molar-refractivity contribution < 1.29 is 9.59 Å². The van der Waals surface area contributed by atoms with E-state index in [-0.39, 0.29) is 11.4 Å². The number of thioether (sulfide) groups is 1. The second kappa shape index (κ2) is 12.0. The average Bonchev–Trinajstić information content (AvgIpc) is 2.82. The van der Waals surface area contributed by atoms with Crippen LogP contribution in [0.2, 0.25) is 0 Å². The number of ketones is 1. The highest BCUT2D eigenvalue weighted by atomic mass is 32.2. The molecule has 1 amide bonds. The van der Waals surface area contributed by atoms with Crippen molar-refractivity contribution in [1.82, 2.24) is 0 Å². The van der Waals surface area contributed by atoms with Crippen LogP contribution in [0.1, 0.15) is 35.3 Å². The van der Waals surface area contributed by atoms with E-state index in [1.54, 1.807) is 36.0 Å². The molecule has 168 valence electrons. The zero-order chi connectivity index (χ0) is 23.6. The van der Waals surface area contributed by atoms with Gasteiger partial charge in [-0.05, 0) is 54.0 Å². The lowest BCUT2D eigenvalue weighted by atomic mass is 9.97. The molecule has 4 heteroatoms. The van der Waals surface area contributed by atoms with Crippen molar-refractivity contribution in [2.45, 2.75) is 25.2 Å². The maximum absolute atomic E-state index is 13.3. The van der Waals surface area contributed by atoms with Gasteiger partial charge in [0.2, 0.25) is 0 Å². The first-order valence-corrected chi connectivity index (χ1v) is 12.2. The Bertz CT molecular complexity index is 1150. The lowest BCUT2D eigenvalue weighted by Gasteiger charge is -2.10. The van der Waals surface area contributed by atoms with E-state index < -0.39 is 5.91 Å². The number of anilines is 1. The normalized spacial score (nSPS) is 11.7. The van der Waals surface area contributed by atoms with Gasteiger partial charge in [-0.25, -0.2) is 0 Å². The van der Waals surface area contributed by atoms with Crippen molar-refractivity contribution in [1.29, 1.82) is 0 Å². The summed E-state index contributed by atoms with van der Waals surface area (Å²) in [4.78, 5) is 27.5. The lowest BCUT2D eigenvalue weighted by Crippen LogP contribution is -2.20. The van der Waals surface area contributed by atoms with Gasteiger partial charge in [-0.2, -0.15) is 0 Å². The average molecular weight is 456 g/mol. The van der Waals surface area contributed by atoms with Crippen LogP contribution in [-0.4, -0.2) is 17.9 Å². The molecule has 0 radical (unpaired) electrons. The van der Waals surface area contributed by atoms with Gasteiger partial charge in [0.05, 0.1) is 5.57 Å². The molecule has 0 bridgehead atoms. The third-order valence-corrected chi connectivity index (χ3v) is 5.75. The van der Waals surface area contributed by atoms with Crippen LogP contribution in [0, 0.1) is 5.92 Å². The van der Waals surface area contributed by atoms with Gasteiger partial charge in [-0.3, -0.25) is 9.59 Å². The number of benzene rings is 3. The van der Waals surface area contributed by atoms with Crippen LogP contribution in [0.4, 0.5) is 5.69 Å². The molecule has 0 atom stereocenters. The molecule has 3 aromatic carbocycles. The van der Waals surface area contributed by atoms with E-state index in [2.05, 4.69) is 19.2 Å². The minimum absolute atomic E-state index is 0.0911. The highest BCUT2D eigenvalue weighted by molar-refractivity contribution is 7.98. The Labute approximate surface area is 200 Å². The van der Waals surface area contributed by atoms with Gasteiger partial charge < -0.3 is 5.32 Å². The summed E-state index contributed by atoms with van der Waals surface area (Å²) in [6.45, 7) is 4.32. The Hall–Kier alpha value is -3.37. The largest absolute Gasteiger partial charge is 0.322 e. The van der Waals surface area contributed by atoms with E-state index in [0.717, 1.165) is 16.9 Å². The van der Waals surface area contributed by atoms with Gasteiger partial charge in [0.25, 0.3) is 5.91 Å². The number of nitrogens with one attached hydrogen (secondary N) is 1. The van der Waals surface area contributed by atoms with E-state index in [0.29, 0.717) is 17.2 Å². The zero-order valence-corrected chi connectivity index (χ0v) is 20.1. The topological polar surface area (TPSA) is 46.2 Å². The van der Waals surface area contributed by atoms with Gasteiger partial charge in [-0.15, -0.1) is 11.8 Å². The molecular weight excluding hydrogens is 426 g/mol. The summed E-state index contributed by atoms with van der Waals surface area (Å²) in [5.41, 5.74) is 3.41. The third-order valence-electron chi connectivity index (χ3n) is 5.03. The highest BCUT2D eigenvalue weighted by Crippen LogP contribution is 2.20. The first-order valence-electron chi connectivity index (χ1n) is 11.0. The van der Waals surface area contributed by atoms with Crippen LogP contribution in [0.3, 0.4) is 0 Å². The Morgan fingerprint density at radius 3 is 2.33 bits per heavy atom. The smallest absolute Gasteiger partial charge is 0.259 e. The van der Waals surface area contributed by atoms with Crippen LogP contribution in [0.15, 0.2) is 101 Å². The Balaban J connectivity index is 1.88. The second-order valence-electron chi connectivity index (χ2n) is 8.16. The van der Waals surface area contributed by atoms with Gasteiger partial charge in [-0.1, -0.05) is 86.7 Å². The van der Waals surface area contributed by atoms with Gasteiger partial charge in [0.15, 0.2) is 5.78 Å². The van der Waals surface area contributed by atoms with E-state index >= 15 is 0 Å². The summed E-state index contributed by atoms with van der Waals surface area (Å²) in [6.07, 6.45) is 8.13. The van der Waals surface area contributed by atoms with Crippen LogP contribution in [0.25, 0.3) is 6.08 Å². The van der Waals surface area contributed by atoms with Crippen molar-refractivity contribution in [2.75, 3.05) is 11.6 Å². The van der Waals surface area contributed by atoms with Crippen LogP contribution in [-0.2, 0) is 11.2 Å². The van der Waals surface area contributed by atoms with Crippen molar-refractivity contribution in [3.8, 4) is 0 Å². The van der Waals surface area contributed by atoms with Crippen LogP contribution >= 0.6 is 11.8 Å². The number of rotatable bonds is 9. The molecule has 0 aliphatic heterocycles. The SMILES string of the molecule is CSc1cccc(NC(=O)C(=CC=Cc2ccccc2)C(=O)c2ccc(CC(C)C)cc2)c1. The summed E-state index contributed by atoms with van der Waals surface area (Å²) < 4.78 is 0. The Morgan fingerprint density at radius 2 is 1.67 bits per heavy atom. The number of carbonyl (C=O) groups is 2. The maximum Gasteiger partial charge on any atom is 0.259 e. The Kier molecular flexibility index (Phi) is 8.85. The molecule has 0 fully saturated rings. The van der Waals surface area contributed by atoms with Crippen molar-refractivity contribution in [2.24, 2.45) is 5.92 Å². The van der Waals surface area contributed by atoms with E-state index in [4.69, 9.17) is 0 Å². The first kappa shape index (κ1) is 24.3. The van der Waals surface area contributed by atoms with Crippen molar-refractivity contribution in [3.63, 3.8) is 0 Å². The second-order valence-corrected chi connectivity index (χ2v) is 9.04. The fourth-order valence-electron chi connectivity index (χ4n) is 3.39. The monoisotopic (exact) mass is 455 g/mol. The number of Topliss-reactive ketones (excluding diaryl/α,β-unsaturated/α-hetero) is 1. The predicted octanol–water partition coefficient (Wildman–Crippen LogP) is 7.07. The van der Waals surface area contributed by atoms with E-state index in [9.17, 15) is 9.59 Å². The highest BCUT2D eigenvalue weighted by Gasteiger charge is 2.20. The maximum atomic E-state index is 13.3. The van der Waals surface area contributed by atoms with Crippen molar-refractivity contribution >= 4 is 35.2 Å². The molecular formula is C29H29NO2S. The van der Waals surface area contributed by atoms with E-state index in [1.807, 2.05) is 79.1 Å². The number of amides is 1. The molecule has 0 aromatic heterocycles. The molecule has 0 aliphatic rings. The molecule has 0 spiro atoms. The number of hydrogen-bond acceptors (Lipinski definition) is 3. The zero-order valence-electron chi connectivity index (χ0n) is 19.2. The third kappa shape index (κ3) is 7.33. The van der Waals surface area contributed by atoms with Crippen LogP contribution < -0.4 is 5.32 Å². The lowest BCUT2D eigenvalue weighted by molar-refractivity contribution is -0.112. The molecule has 3 nitrogen and oxygen atoms in total. The summed E-state index contributed by atoms with van der Waals surface area (Å²) in [7, 11) is 0. The van der Waals surface area contributed by atoms with Crippen molar-refractivity contribution in [3.05, 3.63) is 113 Å². The summed E-state index contributed by atoms with van der Waals surface area (Å²) in [6, 6.07) is 24.9. The minimum Gasteiger partial charge on any atom is -0.322 e. The molecule has 3 aromatic rings. The fourth-order valence-corrected chi connectivity index (χ4v) is 3.85. The summed E-state index contributed by atoms with van der Waals surface area (Å²) in [5.74, 6) is -0.197. The first-order chi connectivity index (χ1) is 16.0.